The van der Waals surface area contributed by atoms with Gasteiger partial charge in [-0.3, -0.25) is 0 Å². The third-order valence-electron chi connectivity index (χ3n) is 4.49. The third kappa shape index (κ3) is 5.03. The molecule has 2 aromatic rings. The summed E-state index contributed by atoms with van der Waals surface area (Å²) < 4.78 is 42.1. The van der Waals surface area contributed by atoms with Gasteiger partial charge in [-0.15, -0.1) is 11.3 Å². The summed E-state index contributed by atoms with van der Waals surface area (Å²) >= 11 is 1.26. The Bertz CT molecular complexity index is 801. The molecule has 10 heteroatoms. The number of rotatable bonds is 8. The molecule has 6 nitrogen and oxygen atoms in total. The number of nitrogens with zero attached hydrogens (tertiary/aromatic N) is 4. The SMILES string of the molecule is CCCN(CC1CC1)C(=O)N(CC)Cc1ccc(-c2noc(C(F)(F)F)n2)s1. The predicted molar refractivity (Wildman–Crippen MR) is 98.7 cm³/mol. The van der Waals surface area contributed by atoms with Crippen molar-refractivity contribution in [2.24, 2.45) is 5.92 Å². The van der Waals surface area contributed by atoms with Crippen molar-refractivity contribution in [2.75, 3.05) is 19.6 Å². The standard InChI is InChI=1S/C18H23F3N4O2S/c1-3-9-25(10-12-5-6-12)17(26)24(4-2)11-13-7-8-14(28-13)15-22-16(27-23-15)18(19,20)21/h7-8,12H,3-6,9-11H2,1-2H3. The van der Waals surface area contributed by atoms with Gasteiger partial charge in [0, 0.05) is 24.5 Å². The van der Waals surface area contributed by atoms with Crippen LogP contribution in [0.5, 0.6) is 0 Å². The molecule has 0 radical (unpaired) electrons. The quantitative estimate of drug-likeness (QED) is 0.615. The molecule has 2 aromatic heterocycles. The Labute approximate surface area is 165 Å². The van der Waals surface area contributed by atoms with Gasteiger partial charge in [0.1, 0.15) is 0 Å². The average molecular weight is 416 g/mol. The maximum absolute atomic E-state index is 12.9. The molecule has 2 heterocycles. The highest BCUT2D eigenvalue weighted by molar-refractivity contribution is 7.15. The number of alkyl halides is 3. The van der Waals surface area contributed by atoms with Gasteiger partial charge in [0.2, 0.25) is 5.82 Å². The van der Waals surface area contributed by atoms with Crippen LogP contribution < -0.4 is 0 Å². The molecule has 154 valence electrons. The van der Waals surface area contributed by atoms with Gasteiger partial charge in [-0.05, 0) is 44.2 Å². The molecule has 0 bridgehead atoms. The molecule has 0 atom stereocenters. The first-order valence-electron chi connectivity index (χ1n) is 9.35. The number of carbonyl (C=O) groups is 1. The van der Waals surface area contributed by atoms with Gasteiger partial charge in [0.05, 0.1) is 11.4 Å². The first-order chi connectivity index (χ1) is 13.3. The second kappa shape index (κ2) is 8.50. The fraction of sp³-hybridized carbons (Fsp3) is 0.611. The molecule has 3 rings (SSSR count). The second-order valence-corrected chi connectivity index (χ2v) is 8.04. The first kappa shape index (κ1) is 20.6. The van der Waals surface area contributed by atoms with Gasteiger partial charge in [-0.25, -0.2) is 4.79 Å². The molecule has 1 saturated carbocycles. The number of halogens is 3. The Hall–Kier alpha value is -2.10. The van der Waals surface area contributed by atoms with E-state index in [1.165, 1.54) is 24.2 Å². The van der Waals surface area contributed by atoms with Crippen molar-refractivity contribution < 1.29 is 22.5 Å². The second-order valence-electron chi connectivity index (χ2n) is 6.87. The van der Waals surface area contributed by atoms with Crippen LogP contribution in [-0.4, -0.2) is 45.6 Å². The lowest BCUT2D eigenvalue weighted by Gasteiger charge is -2.29. The van der Waals surface area contributed by atoms with Crippen LogP contribution in [0.15, 0.2) is 16.7 Å². The largest absolute Gasteiger partial charge is 0.471 e. The zero-order valence-corrected chi connectivity index (χ0v) is 16.6. The summed E-state index contributed by atoms with van der Waals surface area (Å²) in [6.07, 6.45) is -1.41. The van der Waals surface area contributed by atoms with Crippen molar-refractivity contribution in [2.45, 2.75) is 45.8 Å². The molecular formula is C18H23F3N4O2S. The minimum atomic E-state index is -4.67. The lowest BCUT2D eigenvalue weighted by Crippen LogP contribution is -2.44. The highest BCUT2D eigenvalue weighted by atomic mass is 32.1. The maximum atomic E-state index is 12.9. The van der Waals surface area contributed by atoms with Crippen molar-refractivity contribution in [3.8, 4) is 10.7 Å². The molecule has 0 saturated heterocycles. The number of aromatic nitrogens is 2. The molecule has 0 spiro atoms. The van der Waals surface area contributed by atoms with E-state index in [2.05, 4.69) is 21.6 Å². The number of amides is 2. The van der Waals surface area contributed by atoms with Gasteiger partial charge in [-0.1, -0.05) is 12.1 Å². The van der Waals surface area contributed by atoms with Crippen LogP contribution in [-0.2, 0) is 12.7 Å². The van der Waals surface area contributed by atoms with Crippen LogP contribution in [0, 0.1) is 5.92 Å². The van der Waals surface area contributed by atoms with E-state index in [1.54, 1.807) is 17.0 Å². The zero-order chi connectivity index (χ0) is 20.3. The summed E-state index contributed by atoms with van der Waals surface area (Å²) in [4.78, 5) is 21.3. The highest BCUT2D eigenvalue weighted by Gasteiger charge is 2.38. The van der Waals surface area contributed by atoms with Crippen molar-refractivity contribution in [1.29, 1.82) is 0 Å². The predicted octanol–water partition coefficient (Wildman–Crippen LogP) is 4.88. The fourth-order valence-corrected chi connectivity index (χ4v) is 3.82. The number of thiophene rings is 1. The van der Waals surface area contributed by atoms with Gasteiger partial charge in [0.15, 0.2) is 0 Å². The monoisotopic (exact) mass is 416 g/mol. The minimum Gasteiger partial charge on any atom is -0.329 e. The molecule has 2 amide bonds. The van der Waals surface area contributed by atoms with Gasteiger partial charge >= 0.3 is 18.1 Å². The van der Waals surface area contributed by atoms with E-state index in [1.807, 2.05) is 11.8 Å². The van der Waals surface area contributed by atoms with E-state index in [9.17, 15) is 18.0 Å². The van der Waals surface area contributed by atoms with E-state index in [0.29, 0.717) is 23.9 Å². The van der Waals surface area contributed by atoms with E-state index in [-0.39, 0.29) is 11.9 Å². The van der Waals surface area contributed by atoms with E-state index in [0.717, 1.165) is 24.4 Å². The van der Waals surface area contributed by atoms with Gasteiger partial charge in [-0.2, -0.15) is 18.2 Å². The normalized spacial score (nSPS) is 14.3. The highest BCUT2D eigenvalue weighted by Crippen LogP contribution is 2.32. The topological polar surface area (TPSA) is 62.5 Å². The smallest absolute Gasteiger partial charge is 0.329 e. The lowest BCUT2D eigenvalue weighted by atomic mass is 10.3. The molecule has 0 aliphatic heterocycles. The molecule has 1 fully saturated rings. The molecule has 0 N–H and O–H groups in total. The van der Waals surface area contributed by atoms with E-state index in [4.69, 9.17) is 0 Å². The zero-order valence-electron chi connectivity index (χ0n) is 15.8. The fourth-order valence-electron chi connectivity index (χ4n) is 2.87. The van der Waals surface area contributed by atoms with Crippen LogP contribution in [0.2, 0.25) is 0 Å². The Morgan fingerprint density at radius 2 is 2.04 bits per heavy atom. The summed E-state index contributed by atoms with van der Waals surface area (Å²) in [5, 5.41) is 3.41. The minimum absolute atomic E-state index is 0.00474. The summed E-state index contributed by atoms with van der Waals surface area (Å²) in [5.74, 6) is -0.846. The first-order valence-corrected chi connectivity index (χ1v) is 10.2. The summed E-state index contributed by atoms with van der Waals surface area (Å²) in [6.45, 7) is 6.44. The summed E-state index contributed by atoms with van der Waals surface area (Å²) in [5.41, 5.74) is 0. The molecular weight excluding hydrogens is 393 g/mol. The van der Waals surface area contributed by atoms with Crippen LogP contribution in [0.25, 0.3) is 10.7 Å². The molecule has 1 aliphatic rings. The molecule has 1 aliphatic carbocycles. The van der Waals surface area contributed by atoms with E-state index >= 15 is 0 Å². The van der Waals surface area contributed by atoms with Crippen LogP contribution in [0.1, 0.15) is 43.9 Å². The van der Waals surface area contributed by atoms with Crippen LogP contribution >= 0.6 is 11.3 Å². The number of hydrogen-bond donors (Lipinski definition) is 0. The Kier molecular flexibility index (Phi) is 6.26. The Balaban J connectivity index is 1.68. The van der Waals surface area contributed by atoms with E-state index < -0.39 is 12.1 Å². The van der Waals surface area contributed by atoms with Gasteiger partial charge in [0.25, 0.3) is 0 Å². The van der Waals surface area contributed by atoms with Crippen LogP contribution in [0.3, 0.4) is 0 Å². The Morgan fingerprint density at radius 3 is 2.61 bits per heavy atom. The van der Waals surface area contributed by atoms with Crippen molar-refractivity contribution in [1.82, 2.24) is 19.9 Å². The molecule has 0 unspecified atom stereocenters. The summed E-state index contributed by atoms with van der Waals surface area (Å²) in [6, 6.07) is 3.44. The van der Waals surface area contributed by atoms with Gasteiger partial charge < -0.3 is 14.3 Å². The summed E-state index contributed by atoms with van der Waals surface area (Å²) in [7, 11) is 0. The average Bonchev–Trinajstić information content (AvgIpc) is 3.12. The van der Waals surface area contributed by atoms with Crippen molar-refractivity contribution in [3.05, 3.63) is 22.9 Å². The lowest BCUT2D eigenvalue weighted by molar-refractivity contribution is -0.159. The molecule has 28 heavy (non-hydrogen) atoms. The third-order valence-corrected chi connectivity index (χ3v) is 5.55. The van der Waals surface area contributed by atoms with Crippen LogP contribution in [0.4, 0.5) is 18.0 Å². The number of carbonyl (C=O) groups excluding carboxylic acids is 1. The van der Waals surface area contributed by atoms with Crippen molar-refractivity contribution >= 4 is 17.4 Å². The molecule has 0 aromatic carbocycles. The van der Waals surface area contributed by atoms with Crippen molar-refractivity contribution in [3.63, 3.8) is 0 Å². The number of urea groups is 1. The number of hydrogen-bond acceptors (Lipinski definition) is 5. The Morgan fingerprint density at radius 1 is 1.29 bits per heavy atom. The maximum Gasteiger partial charge on any atom is 0.471 e.